The first-order valence-electron chi connectivity index (χ1n) is 4.78. The van der Waals surface area contributed by atoms with Gasteiger partial charge in [0.1, 0.15) is 12.1 Å². The lowest BCUT2D eigenvalue weighted by atomic mass is 9.97. The molecular weight excluding hydrogens is 186 g/mol. The number of carbonyl (C=O) groups is 2. The van der Waals surface area contributed by atoms with Crippen molar-refractivity contribution in [2.45, 2.75) is 32.4 Å². The van der Waals surface area contributed by atoms with Gasteiger partial charge in [-0.15, -0.1) is 0 Å². The van der Waals surface area contributed by atoms with Crippen LogP contribution >= 0.6 is 0 Å². The van der Waals surface area contributed by atoms with E-state index in [1.54, 1.807) is 13.8 Å². The molecule has 0 saturated carbocycles. The van der Waals surface area contributed by atoms with Gasteiger partial charge in [-0.25, -0.2) is 0 Å². The Kier molecular flexibility index (Phi) is 3.88. The van der Waals surface area contributed by atoms with Gasteiger partial charge in [0.05, 0.1) is 13.2 Å². The van der Waals surface area contributed by atoms with Crippen LogP contribution in [0.5, 0.6) is 0 Å². The Bertz CT molecular complexity index is 201. The zero-order chi connectivity index (χ0) is 10.6. The predicted molar refractivity (Wildman–Crippen MR) is 48.6 cm³/mol. The molecule has 0 aromatic heterocycles. The van der Waals surface area contributed by atoms with Crippen LogP contribution in [-0.2, 0) is 19.1 Å². The molecule has 0 amide bonds. The summed E-state index contributed by atoms with van der Waals surface area (Å²) in [6.45, 7) is 4.22. The first kappa shape index (κ1) is 11.0. The molecule has 0 aliphatic carbocycles. The van der Waals surface area contributed by atoms with Crippen molar-refractivity contribution < 1.29 is 19.1 Å². The Morgan fingerprint density at radius 3 is 1.79 bits per heavy atom. The Hall–Kier alpha value is -1.10. The number of ether oxygens (including phenoxy) is 2. The van der Waals surface area contributed by atoms with Gasteiger partial charge in [-0.2, -0.15) is 0 Å². The van der Waals surface area contributed by atoms with Gasteiger partial charge >= 0.3 is 11.9 Å². The minimum atomic E-state index is -0.343. The molecule has 14 heavy (non-hydrogen) atoms. The first-order valence-corrected chi connectivity index (χ1v) is 4.78. The molecule has 2 atom stereocenters. The fourth-order valence-corrected chi connectivity index (χ4v) is 1.27. The average Bonchev–Trinajstić information content (AvgIpc) is 2.02. The second-order valence-electron chi connectivity index (χ2n) is 3.01. The van der Waals surface area contributed by atoms with E-state index in [-0.39, 0.29) is 24.0 Å². The minimum absolute atomic E-state index is 0.298. The van der Waals surface area contributed by atoms with Gasteiger partial charge in [0.15, 0.2) is 0 Å². The molecule has 0 unspecified atom stereocenters. The summed E-state index contributed by atoms with van der Waals surface area (Å²) in [4.78, 5) is 22.2. The normalized spacial score (nSPS) is 25.0. The van der Waals surface area contributed by atoms with E-state index in [4.69, 9.17) is 9.47 Å². The van der Waals surface area contributed by atoms with Gasteiger partial charge in [0.25, 0.3) is 0 Å². The summed E-state index contributed by atoms with van der Waals surface area (Å²) in [6, 6.07) is -0.686. The summed E-state index contributed by atoms with van der Waals surface area (Å²) in [5.41, 5.74) is 0. The van der Waals surface area contributed by atoms with E-state index >= 15 is 0 Å². The van der Waals surface area contributed by atoms with Crippen LogP contribution in [0.4, 0.5) is 0 Å². The van der Waals surface area contributed by atoms with Gasteiger partial charge in [-0.3, -0.25) is 14.9 Å². The van der Waals surface area contributed by atoms with Crippen molar-refractivity contribution in [3.8, 4) is 0 Å². The van der Waals surface area contributed by atoms with Crippen molar-refractivity contribution in [3.63, 3.8) is 0 Å². The maximum Gasteiger partial charge on any atom is 0.323 e. The second kappa shape index (κ2) is 4.95. The Balaban J connectivity index is 2.22. The number of esters is 2. The molecule has 1 heterocycles. The second-order valence-corrected chi connectivity index (χ2v) is 3.01. The molecule has 0 aromatic carbocycles. The Morgan fingerprint density at radius 2 is 1.50 bits per heavy atom. The van der Waals surface area contributed by atoms with E-state index in [2.05, 4.69) is 5.32 Å². The highest BCUT2D eigenvalue weighted by Gasteiger charge is 2.39. The van der Waals surface area contributed by atoms with Gasteiger partial charge in [0.2, 0.25) is 0 Å². The fourth-order valence-electron chi connectivity index (χ4n) is 1.27. The highest BCUT2D eigenvalue weighted by molar-refractivity contribution is 5.84. The van der Waals surface area contributed by atoms with Crippen molar-refractivity contribution in [2.75, 3.05) is 13.2 Å². The van der Waals surface area contributed by atoms with Crippen LogP contribution < -0.4 is 5.32 Å². The van der Waals surface area contributed by atoms with E-state index in [1.165, 1.54) is 0 Å². The zero-order valence-corrected chi connectivity index (χ0v) is 8.41. The zero-order valence-electron chi connectivity index (χ0n) is 8.41. The monoisotopic (exact) mass is 201 g/mol. The van der Waals surface area contributed by atoms with Crippen LogP contribution in [-0.4, -0.2) is 37.2 Å². The van der Waals surface area contributed by atoms with Crippen molar-refractivity contribution in [2.24, 2.45) is 0 Å². The maximum absolute atomic E-state index is 11.1. The van der Waals surface area contributed by atoms with E-state index in [0.717, 1.165) is 0 Å². The standard InChI is InChI=1S/C9H15NO4/c1-3-13-8(11)6-5-7(10-6)9(12)14-4-2/h6-7,10H,3-5H2,1-2H3/t6-,7+. The SMILES string of the molecule is CCOC(=O)[C@@H]1C[C@H](C(=O)OCC)N1. The van der Waals surface area contributed by atoms with Crippen molar-refractivity contribution in [1.29, 1.82) is 0 Å². The first-order chi connectivity index (χ1) is 6.69. The van der Waals surface area contributed by atoms with Crippen molar-refractivity contribution >= 4 is 11.9 Å². The lowest BCUT2D eigenvalue weighted by Gasteiger charge is -2.33. The van der Waals surface area contributed by atoms with Gasteiger partial charge in [0, 0.05) is 0 Å². The number of hydrogen-bond acceptors (Lipinski definition) is 5. The molecule has 5 heteroatoms. The fraction of sp³-hybridized carbons (Fsp3) is 0.778. The molecule has 1 N–H and O–H groups in total. The third-order valence-corrected chi connectivity index (χ3v) is 2.02. The summed E-state index contributed by atoms with van der Waals surface area (Å²) >= 11 is 0. The molecule has 1 rings (SSSR count). The summed E-state index contributed by atoms with van der Waals surface area (Å²) in [5.74, 6) is -0.596. The van der Waals surface area contributed by atoms with Crippen molar-refractivity contribution in [1.82, 2.24) is 5.32 Å². The number of nitrogens with one attached hydrogen (secondary N) is 1. The maximum atomic E-state index is 11.1. The van der Waals surface area contributed by atoms with Crippen LogP contribution in [0.2, 0.25) is 0 Å². The lowest BCUT2D eigenvalue weighted by molar-refractivity contribution is -0.155. The Morgan fingerprint density at radius 1 is 1.14 bits per heavy atom. The van der Waals surface area contributed by atoms with E-state index < -0.39 is 0 Å². The largest absolute Gasteiger partial charge is 0.465 e. The van der Waals surface area contributed by atoms with Crippen LogP contribution in [0.25, 0.3) is 0 Å². The number of hydrogen-bond donors (Lipinski definition) is 1. The third-order valence-electron chi connectivity index (χ3n) is 2.02. The van der Waals surface area contributed by atoms with Crippen molar-refractivity contribution in [3.05, 3.63) is 0 Å². The molecular formula is C9H15NO4. The number of carbonyl (C=O) groups excluding carboxylic acids is 2. The molecule has 1 aliphatic heterocycles. The molecule has 0 bridgehead atoms. The quantitative estimate of drug-likeness (QED) is 0.640. The summed E-state index contributed by atoms with van der Waals surface area (Å²) in [7, 11) is 0. The molecule has 0 spiro atoms. The van der Waals surface area contributed by atoms with Crippen LogP contribution in [0.3, 0.4) is 0 Å². The molecule has 0 aromatic rings. The third kappa shape index (κ3) is 2.45. The molecule has 0 radical (unpaired) electrons. The number of rotatable bonds is 4. The summed E-state index contributed by atoms with van der Waals surface area (Å²) in [6.07, 6.45) is 0.470. The van der Waals surface area contributed by atoms with E-state index in [0.29, 0.717) is 19.6 Å². The highest BCUT2D eigenvalue weighted by Crippen LogP contribution is 2.14. The van der Waals surface area contributed by atoms with Gasteiger partial charge < -0.3 is 9.47 Å². The van der Waals surface area contributed by atoms with E-state index in [9.17, 15) is 9.59 Å². The minimum Gasteiger partial charge on any atom is -0.465 e. The van der Waals surface area contributed by atoms with Crippen LogP contribution in [0, 0.1) is 0 Å². The molecule has 1 fully saturated rings. The lowest BCUT2D eigenvalue weighted by Crippen LogP contribution is -2.60. The molecule has 80 valence electrons. The average molecular weight is 201 g/mol. The smallest absolute Gasteiger partial charge is 0.323 e. The highest BCUT2D eigenvalue weighted by atomic mass is 16.5. The topological polar surface area (TPSA) is 64.6 Å². The molecule has 1 saturated heterocycles. The van der Waals surface area contributed by atoms with Crippen LogP contribution in [0.15, 0.2) is 0 Å². The molecule has 5 nitrogen and oxygen atoms in total. The Labute approximate surface area is 82.8 Å². The van der Waals surface area contributed by atoms with Gasteiger partial charge in [-0.05, 0) is 20.3 Å². The summed E-state index contributed by atoms with van der Waals surface area (Å²) < 4.78 is 9.56. The van der Waals surface area contributed by atoms with E-state index in [1.807, 2.05) is 0 Å². The predicted octanol–water partition coefficient (Wildman–Crippen LogP) is -0.157. The van der Waals surface area contributed by atoms with Crippen LogP contribution in [0.1, 0.15) is 20.3 Å². The molecule has 1 aliphatic rings. The van der Waals surface area contributed by atoms with Gasteiger partial charge in [-0.1, -0.05) is 0 Å². The summed E-state index contributed by atoms with van der Waals surface area (Å²) in [5, 5.41) is 2.80.